The molecule has 1 aliphatic rings. The molecule has 1 aliphatic heterocycles. The number of amides is 1. The van der Waals surface area contributed by atoms with E-state index in [4.69, 9.17) is 4.74 Å². The highest BCUT2D eigenvalue weighted by atomic mass is 16.5. The molecule has 6 heteroatoms. The molecule has 1 fully saturated rings. The number of nitrogens with zero attached hydrogens (tertiary/aromatic N) is 2. The average molecular weight is 250 g/mol. The zero-order valence-electron chi connectivity index (χ0n) is 10.7. The first-order valence-corrected chi connectivity index (χ1v) is 6.07. The molecule has 1 aromatic rings. The van der Waals surface area contributed by atoms with Crippen molar-refractivity contribution >= 4 is 5.91 Å². The van der Waals surface area contributed by atoms with Crippen molar-refractivity contribution in [2.24, 2.45) is 0 Å². The van der Waals surface area contributed by atoms with Crippen molar-refractivity contribution in [3.8, 4) is 0 Å². The number of carbonyl (C=O) groups excluding carboxylic acids is 1. The van der Waals surface area contributed by atoms with Crippen LogP contribution >= 0.6 is 0 Å². The number of ether oxygens (including phenoxy) is 1. The Morgan fingerprint density at radius 2 is 2.39 bits per heavy atom. The Labute approximate surface area is 106 Å². The number of nitrogens with one attached hydrogen (secondary N) is 2. The Balaban J connectivity index is 1.92. The summed E-state index contributed by atoms with van der Waals surface area (Å²) in [5, 5.41) is 14.0. The molecule has 1 amide bonds. The van der Waals surface area contributed by atoms with E-state index >= 15 is 0 Å². The van der Waals surface area contributed by atoms with Gasteiger partial charge in [0.2, 0.25) is 0 Å². The predicted octanol–water partition coefficient (Wildman–Crippen LogP) is -0.188. The summed E-state index contributed by atoms with van der Waals surface area (Å²) >= 11 is 0. The first kappa shape index (κ1) is 12.9. The Bertz CT molecular complexity index is 430. The molecule has 2 heterocycles. The summed E-state index contributed by atoms with van der Waals surface area (Å²) in [6, 6.07) is 1.93. The lowest BCUT2D eigenvalue weighted by Crippen LogP contribution is -2.48. The zero-order valence-corrected chi connectivity index (χ0v) is 10.7. The van der Waals surface area contributed by atoms with Gasteiger partial charge in [0.05, 0.1) is 30.2 Å². The van der Waals surface area contributed by atoms with Gasteiger partial charge in [-0.3, -0.25) is 4.79 Å². The van der Waals surface area contributed by atoms with Crippen LogP contribution < -0.4 is 10.6 Å². The fourth-order valence-corrected chi connectivity index (χ4v) is 1.84. The molecule has 0 saturated carbocycles. The maximum absolute atomic E-state index is 12.0. The lowest BCUT2D eigenvalue weighted by Gasteiger charge is -2.24. The second-order valence-corrected chi connectivity index (χ2v) is 4.42. The zero-order chi connectivity index (χ0) is 13.0. The molecule has 0 aromatic carbocycles. The highest BCUT2D eigenvalue weighted by Crippen LogP contribution is 2.05. The molecule has 1 saturated heterocycles. The lowest BCUT2D eigenvalue weighted by atomic mass is 10.2. The van der Waals surface area contributed by atoms with Crippen LogP contribution in [0, 0.1) is 13.8 Å². The molecule has 0 aliphatic carbocycles. The van der Waals surface area contributed by atoms with Crippen molar-refractivity contribution < 1.29 is 9.53 Å². The summed E-state index contributed by atoms with van der Waals surface area (Å²) in [6.45, 7) is 6.35. The number of carbonyl (C=O) groups is 1. The van der Waals surface area contributed by atoms with Crippen LogP contribution in [0.2, 0.25) is 0 Å². The molecular formula is C12H18N4O2. The number of aromatic nitrogens is 2. The number of aryl methyl sites for hydroxylation is 2. The number of hydrogen-bond donors (Lipinski definition) is 2. The number of hydrogen-bond acceptors (Lipinski definition) is 5. The molecule has 1 aromatic heterocycles. The summed E-state index contributed by atoms with van der Waals surface area (Å²) < 4.78 is 5.33. The predicted molar refractivity (Wildman–Crippen MR) is 66.4 cm³/mol. The van der Waals surface area contributed by atoms with Gasteiger partial charge in [-0.25, -0.2) is 0 Å². The second kappa shape index (κ2) is 5.88. The molecule has 0 spiro atoms. The maximum atomic E-state index is 12.0. The van der Waals surface area contributed by atoms with Gasteiger partial charge in [-0.1, -0.05) is 0 Å². The minimum Gasteiger partial charge on any atom is -0.378 e. The van der Waals surface area contributed by atoms with Crippen LogP contribution in [0.1, 0.15) is 21.7 Å². The van der Waals surface area contributed by atoms with Crippen molar-refractivity contribution in [3.63, 3.8) is 0 Å². The van der Waals surface area contributed by atoms with Gasteiger partial charge >= 0.3 is 0 Å². The van der Waals surface area contributed by atoms with E-state index in [0.717, 1.165) is 18.8 Å². The van der Waals surface area contributed by atoms with Gasteiger partial charge in [-0.2, -0.15) is 10.2 Å². The van der Waals surface area contributed by atoms with Crippen LogP contribution in [-0.4, -0.2) is 48.4 Å². The van der Waals surface area contributed by atoms with E-state index in [1.54, 1.807) is 13.0 Å². The molecular weight excluding hydrogens is 232 g/mol. The Kier molecular flexibility index (Phi) is 4.22. The lowest BCUT2D eigenvalue weighted by molar-refractivity contribution is 0.0734. The van der Waals surface area contributed by atoms with Gasteiger partial charge in [0.15, 0.2) is 0 Å². The van der Waals surface area contributed by atoms with Gasteiger partial charge in [-0.05, 0) is 19.9 Å². The van der Waals surface area contributed by atoms with Crippen molar-refractivity contribution in [1.29, 1.82) is 0 Å². The van der Waals surface area contributed by atoms with E-state index in [0.29, 0.717) is 24.4 Å². The Morgan fingerprint density at radius 1 is 1.56 bits per heavy atom. The van der Waals surface area contributed by atoms with Crippen molar-refractivity contribution in [3.05, 3.63) is 23.0 Å². The van der Waals surface area contributed by atoms with Gasteiger partial charge < -0.3 is 15.4 Å². The maximum Gasteiger partial charge on any atom is 0.253 e. The van der Waals surface area contributed by atoms with E-state index in [9.17, 15) is 4.79 Å². The van der Waals surface area contributed by atoms with E-state index in [2.05, 4.69) is 20.8 Å². The van der Waals surface area contributed by atoms with Gasteiger partial charge in [0.25, 0.3) is 5.91 Å². The number of rotatable bonds is 3. The summed E-state index contributed by atoms with van der Waals surface area (Å²) in [5.74, 6) is -0.113. The summed E-state index contributed by atoms with van der Waals surface area (Å²) in [4.78, 5) is 12.0. The molecule has 2 N–H and O–H groups in total. The smallest absolute Gasteiger partial charge is 0.253 e. The average Bonchev–Trinajstić information content (AvgIpc) is 2.40. The third-order valence-corrected chi connectivity index (χ3v) is 2.85. The largest absolute Gasteiger partial charge is 0.378 e. The second-order valence-electron chi connectivity index (χ2n) is 4.42. The third-order valence-electron chi connectivity index (χ3n) is 2.85. The highest BCUT2D eigenvalue weighted by Gasteiger charge is 2.16. The Hall–Kier alpha value is -1.53. The van der Waals surface area contributed by atoms with Gasteiger partial charge in [0, 0.05) is 19.1 Å². The van der Waals surface area contributed by atoms with Crippen LogP contribution in [0.25, 0.3) is 0 Å². The molecule has 0 bridgehead atoms. The quantitative estimate of drug-likeness (QED) is 0.777. The van der Waals surface area contributed by atoms with Crippen molar-refractivity contribution in [2.75, 3.05) is 26.3 Å². The first-order chi connectivity index (χ1) is 8.66. The van der Waals surface area contributed by atoms with Crippen LogP contribution in [0.5, 0.6) is 0 Å². The van der Waals surface area contributed by atoms with Crippen molar-refractivity contribution in [1.82, 2.24) is 20.8 Å². The normalized spacial score (nSPS) is 19.6. The molecule has 1 atom stereocenters. The van der Waals surface area contributed by atoms with Gasteiger partial charge in [-0.15, -0.1) is 0 Å². The minimum absolute atomic E-state index is 0.113. The fourth-order valence-electron chi connectivity index (χ4n) is 1.84. The van der Waals surface area contributed by atoms with Crippen LogP contribution in [0.3, 0.4) is 0 Å². The topological polar surface area (TPSA) is 76.1 Å². The fraction of sp³-hybridized carbons (Fsp3) is 0.583. The molecule has 98 valence electrons. The van der Waals surface area contributed by atoms with Gasteiger partial charge in [0.1, 0.15) is 0 Å². The molecule has 6 nitrogen and oxygen atoms in total. The monoisotopic (exact) mass is 250 g/mol. The molecule has 2 rings (SSSR count). The summed E-state index contributed by atoms with van der Waals surface area (Å²) in [5.41, 5.74) is 1.97. The van der Waals surface area contributed by atoms with E-state index in [-0.39, 0.29) is 11.9 Å². The summed E-state index contributed by atoms with van der Waals surface area (Å²) in [7, 11) is 0. The van der Waals surface area contributed by atoms with Crippen LogP contribution in [0.15, 0.2) is 6.07 Å². The number of morpholine rings is 1. The highest BCUT2D eigenvalue weighted by molar-refractivity contribution is 5.95. The molecule has 18 heavy (non-hydrogen) atoms. The molecule has 1 unspecified atom stereocenters. The van der Waals surface area contributed by atoms with Crippen LogP contribution in [0.4, 0.5) is 0 Å². The summed E-state index contributed by atoms with van der Waals surface area (Å²) in [6.07, 6.45) is 0. The first-order valence-electron chi connectivity index (χ1n) is 6.07. The van der Waals surface area contributed by atoms with Crippen molar-refractivity contribution in [2.45, 2.75) is 19.9 Å². The van der Waals surface area contributed by atoms with E-state index < -0.39 is 0 Å². The SMILES string of the molecule is Cc1cc(C(=O)NCC2COCCN2)c(C)nn1. The minimum atomic E-state index is -0.113. The third kappa shape index (κ3) is 3.24. The van der Waals surface area contributed by atoms with Crippen LogP contribution in [-0.2, 0) is 4.74 Å². The standard InChI is InChI=1S/C12H18N4O2/c1-8-5-11(9(2)16-15-8)12(17)14-6-10-7-18-4-3-13-10/h5,10,13H,3-4,6-7H2,1-2H3,(H,14,17). The van der Waals surface area contributed by atoms with E-state index in [1.807, 2.05) is 6.92 Å². The molecule has 0 radical (unpaired) electrons. The Morgan fingerprint density at radius 3 is 3.11 bits per heavy atom. The van der Waals surface area contributed by atoms with E-state index in [1.165, 1.54) is 0 Å².